The number of ether oxygens (including phenoxy) is 2. The van der Waals surface area contributed by atoms with Gasteiger partial charge in [0.15, 0.2) is 5.79 Å². The van der Waals surface area contributed by atoms with Gasteiger partial charge in [0.1, 0.15) is 0 Å². The normalized spacial score (nSPS) is 12.4. The van der Waals surface area contributed by atoms with Crippen LogP contribution < -0.4 is 18.9 Å². The van der Waals surface area contributed by atoms with Crippen molar-refractivity contribution in [2.45, 2.75) is 24.5 Å². The number of benzene rings is 1. The van der Waals surface area contributed by atoms with Crippen LogP contribution in [0.15, 0.2) is 35.2 Å². The van der Waals surface area contributed by atoms with E-state index in [9.17, 15) is 8.42 Å². The summed E-state index contributed by atoms with van der Waals surface area (Å²) in [7, 11) is -0.735. The zero-order valence-corrected chi connectivity index (χ0v) is 12.7. The van der Waals surface area contributed by atoms with Crippen LogP contribution >= 0.6 is 0 Å². The van der Waals surface area contributed by atoms with Crippen molar-refractivity contribution in [3.63, 3.8) is 0 Å². The zero-order chi connectivity index (χ0) is 13.8. The van der Waals surface area contributed by atoms with E-state index in [-0.39, 0.29) is 23.8 Å². The maximum absolute atomic E-state index is 12.0. The summed E-state index contributed by atoms with van der Waals surface area (Å²) in [6, 6.07) is 6.56. The van der Waals surface area contributed by atoms with Crippen LogP contribution in [0.1, 0.15) is 12.5 Å². The molecule has 0 atom stereocenters. The van der Waals surface area contributed by atoms with E-state index < -0.39 is 15.6 Å². The first-order valence-corrected chi connectivity index (χ1v) is 6.85. The second kappa shape index (κ2) is 7.27. The Morgan fingerprint density at radius 3 is 2.05 bits per heavy atom. The van der Waals surface area contributed by atoms with Crippen molar-refractivity contribution in [3.8, 4) is 0 Å². The number of aryl methyl sites for hydroxylation is 1. The molecule has 0 aliphatic carbocycles. The SMILES string of the molecule is COC(C)(C=[C-]S(=O)(=O)c1ccc(C)cc1)OC.[Li+]. The summed E-state index contributed by atoms with van der Waals surface area (Å²) < 4.78 is 34.0. The Labute approximate surface area is 126 Å². The van der Waals surface area contributed by atoms with Gasteiger partial charge < -0.3 is 14.9 Å². The van der Waals surface area contributed by atoms with Gasteiger partial charge in [0.25, 0.3) is 0 Å². The van der Waals surface area contributed by atoms with Crippen molar-refractivity contribution in [1.82, 2.24) is 0 Å². The largest absolute Gasteiger partial charge is 1.00 e. The number of hydrogen-bond donors (Lipinski definition) is 0. The molecule has 0 spiro atoms. The molecular formula is C13H17LiO4S. The maximum Gasteiger partial charge on any atom is 1.00 e. The summed E-state index contributed by atoms with van der Waals surface area (Å²) >= 11 is 0. The van der Waals surface area contributed by atoms with Crippen molar-refractivity contribution in [2.24, 2.45) is 0 Å². The zero-order valence-electron chi connectivity index (χ0n) is 11.9. The molecule has 0 unspecified atom stereocenters. The fourth-order valence-corrected chi connectivity index (χ4v) is 2.17. The predicted octanol–water partition coefficient (Wildman–Crippen LogP) is -0.901. The molecule has 0 fully saturated rings. The molecule has 0 amide bonds. The minimum absolute atomic E-state index is 0. The van der Waals surface area contributed by atoms with Crippen LogP contribution in [-0.4, -0.2) is 28.4 Å². The average molecular weight is 276 g/mol. The second-order valence-corrected chi connectivity index (χ2v) is 5.72. The van der Waals surface area contributed by atoms with E-state index in [0.29, 0.717) is 0 Å². The molecule has 19 heavy (non-hydrogen) atoms. The topological polar surface area (TPSA) is 52.6 Å². The Morgan fingerprint density at radius 1 is 1.16 bits per heavy atom. The third kappa shape index (κ3) is 5.13. The van der Waals surface area contributed by atoms with Crippen LogP contribution in [0.3, 0.4) is 0 Å². The van der Waals surface area contributed by atoms with Crippen LogP contribution in [0.25, 0.3) is 0 Å². The van der Waals surface area contributed by atoms with Crippen LogP contribution in [0, 0.1) is 12.3 Å². The predicted molar refractivity (Wildman–Crippen MR) is 68.6 cm³/mol. The fraction of sp³-hybridized carbons (Fsp3) is 0.385. The minimum Gasteiger partial charge on any atom is -0.358 e. The van der Waals surface area contributed by atoms with Gasteiger partial charge in [-0.05, 0) is 26.0 Å². The van der Waals surface area contributed by atoms with Crippen LogP contribution in [0.2, 0.25) is 0 Å². The molecule has 0 heterocycles. The Bertz CT molecular complexity index is 516. The third-order valence-corrected chi connectivity index (χ3v) is 3.94. The first kappa shape index (κ1) is 18.4. The first-order chi connectivity index (χ1) is 8.33. The molecule has 0 bridgehead atoms. The smallest absolute Gasteiger partial charge is 0.358 e. The van der Waals surface area contributed by atoms with E-state index in [1.807, 2.05) is 6.92 Å². The molecule has 0 saturated carbocycles. The Kier molecular flexibility index (Phi) is 7.05. The molecule has 1 aromatic rings. The van der Waals surface area contributed by atoms with Crippen molar-refractivity contribution in [3.05, 3.63) is 41.3 Å². The first-order valence-electron chi connectivity index (χ1n) is 5.37. The van der Waals surface area contributed by atoms with E-state index in [4.69, 9.17) is 9.47 Å². The van der Waals surface area contributed by atoms with Gasteiger partial charge in [-0.15, -0.1) is 0 Å². The second-order valence-electron chi connectivity index (χ2n) is 4.00. The molecule has 0 aliphatic rings. The van der Waals surface area contributed by atoms with Gasteiger partial charge in [-0.3, -0.25) is 8.42 Å². The number of sulfone groups is 1. The summed E-state index contributed by atoms with van der Waals surface area (Å²) in [5.41, 5.74) is 0.997. The van der Waals surface area contributed by atoms with Gasteiger partial charge in [-0.1, -0.05) is 17.7 Å². The van der Waals surface area contributed by atoms with Gasteiger partial charge >= 0.3 is 18.9 Å². The van der Waals surface area contributed by atoms with Gasteiger partial charge in [-0.25, -0.2) is 0 Å². The van der Waals surface area contributed by atoms with E-state index in [1.165, 1.54) is 20.3 Å². The molecule has 0 saturated heterocycles. The van der Waals surface area contributed by atoms with Crippen molar-refractivity contribution in [1.29, 1.82) is 0 Å². The van der Waals surface area contributed by atoms with Crippen molar-refractivity contribution < 1.29 is 36.8 Å². The van der Waals surface area contributed by atoms with Crippen molar-refractivity contribution >= 4 is 9.84 Å². The van der Waals surface area contributed by atoms with E-state index in [2.05, 4.69) is 5.41 Å². The van der Waals surface area contributed by atoms with Crippen LogP contribution in [0.4, 0.5) is 0 Å². The van der Waals surface area contributed by atoms with Crippen LogP contribution in [0.5, 0.6) is 0 Å². The third-order valence-electron chi connectivity index (χ3n) is 2.62. The van der Waals surface area contributed by atoms with Gasteiger partial charge in [0.2, 0.25) is 0 Å². The minimum atomic E-state index is -3.60. The van der Waals surface area contributed by atoms with E-state index >= 15 is 0 Å². The van der Waals surface area contributed by atoms with Gasteiger partial charge in [0, 0.05) is 29.0 Å². The monoisotopic (exact) mass is 276 g/mol. The summed E-state index contributed by atoms with van der Waals surface area (Å²) in [6.45, 7) is 3.49. The molecule has 0 N–H and O–H groups in total. The van der Waals surface area contributed by atoms with E-state index in [1.54, 1.807) is 31.2 Å². The summed E-state index contributed by atoms with van der Waals surface area (Å²) in [6.07, 6.45) is 1.25. The van der Waals surface area contributed by atoms with Gasteiger partial charge in [-0.2, -0.15) is 6.08 Å². The number of hydrogen-bond acceptors (Lipinski definition) is 4. The molecule has 0 aromatic heterocycles. The summed E-state index contributed by atoms with van der Waals surface area (Å²) in [4.78, 5) is 0.193. The molecule has 100 valence electrons. The molecule has 0 radical (unpaired) electrons. The summed E-state index contributed by atoms with van der Waals surface area (Å²) in [5.74, 6) is -1.10. The standard InChI is InChI=1S/C13H17O4S.Li/c1-11-5-7-12(8-6-11)18(14,15)10-9-13(2,16-3)17-4;/h5-9H,1-4H3;/q-1;+1. The Hall–Kier alpha value is -0.573. The molecule has 1 rings (SSSR count). The molecular weight excluding hydrogens is 259 g/mol. The molecule has 1 aromatic carbocycles. The Balaban J connectivity index is 0.00000324. The molecule has 4 nitrogen and oxygen atoms in total. The number of methoxy groups -OCH3 is 2. The quantitative estimate of drug-likeness (QED) is 0.397. The van der Waals surface area contributed by atoms with Crippen LogP contribution in [-0.2, 0) is 19.3 Å². The summed E-state index contributed by atoms with van der Waals surface area (Å²) in [5, 5.41) is 2.33. The van der Waals surface area contributed by atoms with Crippen molar-refractivity contribution in [2.75, 3.05) is 14.2 Å². The molecule has 0 aliphatic heterocycles. The molecule has 6 heteroatoms. The Morgan fingerprint density at radius 2 is 1.63 bits per heavy atom. The number of rotatable bonds is 5. The fourth-order valence-electron chi connectivity index (χ4n) is 1.17. The van der Waals surface area contributed by atoms with E-state index in [0.717, 1.165) is 5.56 Å². The maximum atomic E-state index is 12.0. The van der Waals surface area contributed by atoms with Gasteiger partial charge in [0.05, 0.1) is 0 Å². The average Bonchev–Trinajstić information content (AvgIpc) is 2.37.